The largest absolute Gasteiger partial charge is 0.417 e. The summed E-state index contributed by atoms with van der Waals surface area (Å²) in [5, 5.41) is 2.67. The zero-order valence-electron chi connectivity index (χ0n) is 17.1. The number of amides is 1. The van der Waals surface area contributed by atoms with E-state index in [4.69, 9.17) is 0 Å². The van der Waals surface area contributed by atoms with Crippen LogP contribution in [0.4, 0.5) is 18.9 Å². The van der Waals surface area contributed by atoms with Gasteiger partial charge in [-0.05, 0) is 47.4 Å². The number of carbonyl (C=O) groups is 1. The molecule has 2 aliphatic heterocycles. The quantitative estimate of drug-likeness (QED) is 0.579. The Morgan fingerprint density at radius 1 is 1.03 bits per heavy atom. The van der Waals surface area contributed by atoms with Gasteiger partial charge in [0.1, 0.15) is 0 Å². The lowest BCUT2D eigenvalue weighted by Crippen LogP contribution is -2.22. The van der Waals surface area contributed by atoms with E-state index in [1.165, 1.54) is 6.21 Å². The van der Waals surface area contributed by atoms with E-state index in [1.807, 2.05) is 36.4 Å². The highest BCUT2D eigenvalue weighted by Gasteiger charge is 2.38. The number of benzene rings is 3. The topological polar surface area (TPSA) is 53.8 Å². The van der Waals surface area contributed by atoms with Gasteiger partial charge in [0.15, 0.2) is 0 Å². The molecule has 0 radical (unpaired) electrons. The predicted octanol–water partition coefficient (Wildman–Crippen LogP) is 5.55. The number of carbonyl (C=O) groups excluding carboxylic acids is 1. The lowest BCUT2D eigenvalue weighted by molar-refractivity contribution is -0.137. The molecule has 0 bridgehead atoms. The number of hydrogen-bond acceptors (Lipinski definition) is 3. The summed E-state index contributed by atoms with van der Waals surface area (Å²) in [6, 6.07) is 16.0. The molecular formula is C25H18F3N3O. The van der Waals surface area contributed by atoms with Crippen molar-refractivity contribution in [2.45, 2.75) is 26.2 Å². The van der Waals surface area contributed by atoms with Crippen molar-refractivity contribution in [2.75, 3.05) is 5.32 Å². The van der Waals surface area contributed by atoms with E-state index in [1.54, 1.807) is 19.1 Å². The molecule has 1 N–H and O–H groups in total. The zero-order chi connectivity index (χ0) is 22.5. The molecule has 1 amide bonds. The van der Waals surface area contributed by atoms with E-state index in [2.05, 4.69) is 15.3 Å². The number of aliphatic imine (C=N–C) groups is 2. The summed E-state index contributed by atoms with van der Waals surface area (Å²) in [4.78, 5) is 21.7. The Kier molecular flexibility index (Phi) is 4.69. The number of halogens is 3. The highest BCUT2D eigenvalue weighted by atomic mass is 19.4. The molecular weight excluding hydrogens is 415 g/mol. The van der Waals surface area contributed by atoms with Gasteiger partial charge in [0.25, 0.3) is 5.91 Å². The molecule has 32 heavy (non-hydrogen) atoms. The van der Waals surface area contributed by atoms with E-state index in [-0.39, 0.29) is 12.1 Å². The maximum Gasteiger partial charge on any atom is 0.417 e. The summed E-state index contributed by atoms with van der Waals surface area (Å²) in [6.45, 7) is 2.34. The first-order valence-corrected chi connectivity index (χ1v) is 10.1. The normalized spacial score (nSPS) is 14.2. The third-order valence-corrected chi connectivity index (χ3v) is 5.84. The first kappa shape index (κ1) is 20.2. The smallest absolute Gasteiger partial charge is 0.322 e. The van der Waals surface area contributed by atoms with Crippen LogP contribution < -0.4 is 5.32 Å². The minimum absolute atomic E-state index is 0.273. The summed E-state index contributed by atoms with van der Waals surface area (Å²) in [6.07, 6.45) is -3.24. The van der Waals surface area contributed by atoms with Crippen LogP contribution in [-0.2, 0) is 19.3 Å². The molecule has 7 heteroatoms. The molecule has 0 atom stereocenters. The van der Waals surface area contributed by atoms with Crippen molar-refractivity contribution < 1.29 is 18.0 Å². The minimum Gasteiger partial charge on any atom is -0.322 e. The molecule has 2 aliphatic rings. The number of fused-ring (bicyclic) bond motifs is 2. The van der Waals surface area contributed by atoms with E-state index in [9.17, 15) is 18.0 Å². The Morgan fingerprint density at radius 3 is 2.56 bits per heavy atom. The van der Waals surface area contributed by atoms with Crippen LogP contribution >= 0.6 is 0 Å². The minimum atomic E-state index is -4.66. The SMILES string of the molecule is Cc1c2c(cc(C(F)(F)F)c1C(=O)Nc1ccc3c(c1)C(c1ccccc1)=NC3)C=NC2. The van der Waals surface area contributed by atoms with Crippen molar-refractivity contribution in [1.29, 1.82) is 0 Å². The van der Waals surface area contributed by atoms with Crippen LogP contribution in [0.2, 0.25) is 0 Å². The Hall–Kier alpha value is -3.74. The van der Waals surface area contributed by atoms with Gasteiger partial charge < -0.3 is 5.32 Å². The fraction of sp³-hybridized carbons (Fsp3) is 0.160. The van der Waals surface area contributed by atoms with Crippen molar-refractivity contribution in [3.63, 3.8) is 0 Å². The fourth-order valence-corrected chi connectivity index (χ4v) is 4.26. The van der Waals surface area contributed by atoms with Crippen LogP contribution in [0.5, 0.6) is 0 Å². The molecule has 0 aromatic heterocycles. The highest BCUT2D eigenvalue weighted by molar-refractivity contribution is 6.16. The number of anilines is 1. The molecule has 0 unspecified atom stereocenters. The molecule has 5 rings (SSSR count). The predicted molar refractivity (Wildman–Crippen MR) is 118 cm³/mol. The molecule has 0 aliphatic carbocycles. The Bertz CT molecular complexity index is 1310. The summed E-state index contributed by atoms with van der Waals surface area (Å²) < 4.78 is 41.3. The third-order valence-electron chi connectivity index (χ3n) is 5.84. The average Bonchev–Trinajstić information content (AvgIpc) is 3.40. The third kappa shape index (κ3) is 3.39. The molecule has 0 saturated carbocycles. The van der Waals surface area contributed by atoms with Crippen LogP contribution in [0, 0.1) is 6.92 Å². The molecule has 2 heterocycles. The molecule has 160 valence electrons. The van der Waals surface area contributed by atoms with Crippen molar-refractivity contribution >= 4 is 23.5 Å². The van der Waals surface area contributed by atoms with Gasteiger partial charge in [0.2, 0.25) is 0 Å². The van der Waals surface area contributed by atoms with Crippen LogP contribution in [0.15, 0.2) is 64.6 Å². The van der Waals surface area contributed by atoms with Gasteiger partial charge in [-0.15, -0.1) is 0 Å². The van der Waals surface area contributed by atoms with Gasteiger partial charge in [-0.1, -0.05) is 36.4 Å². The molecule has 3 aromatic carbocycles. The van der Waals surface area contributed by atoms with Crippen molar-refractivity contribution in [3.8, 4) is 0 Å². The molecule has 3 aromatic rings. The first-order chi connectivity index (χ1) is 15.3. The van der Waals surface area contributed by atoms with E-state index in [0.717, 1.165) is 28.5 Å². The van der Waals surface area contributed by atoms with Gasteiger partial charge in [-0.3, -0.25) is 14.8 Å². The van der Waals surface area contributed by atoms with Gasteiger partial charge in [0, 0.05) is 23.0 Å². The average molecular weight is 433 g/mol. The number of alkyl halides is 3. The number of rotatable bonds is 3. The second-order valence-electron chi connectivity index (χ2n) is 7.82. The van der Waals surface area contributed by atoms with Gasteiger partial charge in [-0.25, -0.2) is 0 Å². The van der Waals surface area contributed by atoms with E-state index < -0.39 is 17.6 Å². The van der Waals surface area contributed by atoms with E-state index >= 15 is 0 Å². The highest BCUT2D eigenvalue weighted by Crippen LogP contribution is 2.37. The number of nitrogens with one attached hydrogen (secondary N) is 1. The number of nitrogens with zero attached hydrogens (tertiary/aromatic N) is 2. The van der Waals surface area contributed by atoms with Crippen molar-refractivity contribution in [3.05, 3.63) is 99.1 Å². The Labute approximate surface area is 182 Å². The Morgan fingerprint density at radius 2 is 1.81 bits per heavy atom. The molecule has 0 spiro atoms. The summed E-state index contributed by atoms with van der Waals surface area (Å²) >= 11 is 0. The van der Waals surface area contributed by atoms with Crippen LogP contribution in [0.3, 0.4) is 0 Å². The second kappa shape index (κ2) is 7.44. The van der Waals surface area contributed by atoms with Crippen LogP contribution in [0.25, 0.3) is 0 Å². The van der Waals surface area contributed by atoms with Gasteiger partial charge in [0.05, 0.1) is 29.9 Å². The number of hydrogen-bond donors (Lipinski definition) is 1. The summed E-state index contributed by atoms with van der Waals surface area (Å²) in [5.41, 5.74) is 4.09. The molecule has 4 nitrogen and oxygen atoms in total. The van der Waals surface area contributed by atoms with Crippen molar-refractivity contribution in [2.24, 2.45) is 9.98 Å². The van der Waals surface area contributed by atoms with Gasteiger partial charge >= 0.3 is 6.18 Å². The first-order valence-electron chi connectivity index (χ1n) is 10.1. The Balaban J connectivity index is 1.51. The lowest BCUT2D eigenvalue weighted by Gasteiger charge is -2.18. The van der Waals surface area contributed by atoms with Gasteiger partial charge in [-0.2, -0.15) is 13.2 Å². The summed E-state index contributed by atoms with van der Waals surface area (Å²) in [5.74, 6) is -0.791. The molecule has 0 saturated heterocycles. The van der Waals surface area contributed by atoms with Crippen LogP contribution in [-0.4, -0.2) is 17.8 Å². The molecule has 0 fully saturated rings. The van der Waals surface area contributed by atoms with Crippen molar-refractivity contribution in [1.82, 2.24) is 0 Å². The monoisotopic (exact) mass is 433 g/mol. The second-order valence-corrected chi connectivity index (χ2v) is 7.82. The fourth-order valence-electron chi connectivity index (χ4n) is 4.26. The standard InChI is InChI=1S/C25H18F3N3O/c1-14-20-13-29-11-17(20)9-21(25(26,27)28)22(14)24(32)31-18-8-7-16-12-30-23(19(16)10-18)15-5-3-2-4-6-15/h2-11H,12-13H2,1H3,(H,31,32). The van der Waals surface area contributed by atoms with E-state index in [0.29, 0.717) is 28.9 Å². The van der Waals surface area contributed by atoms with Crippen LogP contribution in [0.1, 0.15) is 49.3 Å². The lowest BCUT2D eigenvalue weighted by atomic mass is 9.92. The zero-order valence-corrected chi connectivity index (χ0v) is 17.1. The maximum absolute atomic E-state index is 13.8. The maximum atomic E-state index is 13.8. The summed E-state index contributed by atoms with van der Waals surface area (Å²) in [7, 11) is 0.